The lowest BCUT2D eigenvalue weighted by atomic mass is 9.75. The molecule has 2 aromatic carbocycles. The van der Waals surface area contributed by atoms with Gasteiger partial charge in [-0.2, -0.15) is 13.2 Å². The fourth-order valence-electron chi connectivity index (χ4n) is 6.18. The lowest BCUT2D eigenvalue weighted by Crippen LogP contribution is -2.19. The van der Waals surface area contributed by atoms with Gasteiger partial charge >= 0.3 is 6.18 Å². The Hall–Kier alpha value is -2.97. The van der Waals surface area contributed by atoms with E-state index in [0.29, 0.717) is 44.2 Å². The first-order chi connectivity index (χ1) is 19.9. The van der Waals surface area contributed by atoms with Crippen molar-refractivity contribution in [1.29, 1.82) is 0 Å². The highest BCUT2D eigenvalue weighted by molar-refractivity contribution is 5.63. The van der Waals surface area contributed by atoms with E-state index in [1.807, 2.05) is 6.92 Å². The van der Waals surface area contributed by atoms with Crippen molar-refractivity contribution in [2.75, 3.05) is 0 Å². The van der Waals surface area contributed by atoms with E-state index in [2.05, 4.69) is 0 Å². The van der Waals surface area contributed by atoms with E-state index < -0.39 is 64.4 Å². The first-order valence-electron chi connectivity index (χ1n) is 14.3. The average Bonchev–Trinajstić information content (AvgIpc) is 2.98. The van der Waals surface area contributed by atoms with E-state index in [-0.39, 0.29) is 42.7 Å². The van der Waals surface area contributed by atoms with Crippen LogP contribution in [-0.4, -0.2) is 0 Å². The zero-order valence-corrected chi connectivity index (χ0v) is 23.2. The molecule has 9 heteroatoms. The van der Waals surface area contributed by atoms with Gasteiger partial charge in [-0.15, -0.1) is 0 Å². The molecule has 0 saturated heterocycles. The normalized spacial score (nSPS) is 24.9. The van der Waals surface area contributed by atoms with Gasteiger partial charge in [-0.05, 0) is 99.0 Å². The van der Waals surface area contributed by atoms with Crippen molar-refractivity contribution in [2.24, 2.45) is 11.8 Å². The van der Waals surface area contributed by atoms with E-state index in [9.17, 15) is 30.7 Å². The number of rotatable bonds is 7. The molecule has 0 spiro atoms. The van der Waals surface area contributed by atoms with Gasteiger partial charge in [0, 0.05) is 17.4 Å². The van der Waals surface area contributed by atoms with Crippen LogP contribution in [0.3, 0.4) is 0 Å². The van der Waals surface area contributed by atoms with Crippen LogP contribution < -0.4 is 0 Å². The molecule has 0 radical (unpaired) electrons. The fraction of sp³-hybridized carbons (Fsp3) is 0.455. The molecule has 2 aliphatic rings. The van der Waals surface area contributed by atoms with Crippen LogP contribution in [0.15, 0.2) is 66.0 Å². The molecule has 0 aromatic heterocycles. The summed E-state index contributed by atoms with van der Waals surface area (Å²) in [5, 5.41) is 0. The first kappa shape index (κ1) is 32.0. The van der Waals surface area contributed by atoms with Crippen molar-refractivity contribution in [3.63, 3.8) is 0 Å². The van der Waals surface area contributed by atoms with E-state index >= 15 is 8.78 Å². The summed E-state index contributed by atoms with van der Waals surface area (Å²) in [5.41, 5.74) is -0.789. The van der Waals surface area contributed by atoms with Crippen molar-refractivity contribution < 1.29 is 39.5 Å². The summed E-state index contributed by atoms with van der Waals surface area (Å²) < 4.78 is 125. The van der Waals surface area contributed by atoms with Gasteiger partial charge in [0.2, 0.25) is 0 Å². The SMILES string of the molecule is CC/C=C/C(F)=C(\F)c1ccc(C2CCC(/C(F)=C(\F)C3CCC(c4cc(F)c(C(F)(F)F)c(F)c4)CC3)CC2)cc1. The predicted octanol–water partition coefficient (Wildman–Crippen LogP) is 12.0. The summed E-state index contributed by atoms with van der Waals surface area (Å²) in [6.07, 6.45) is 1.10. The Morgan fingerprint density at radius 2 is 1.17 bits per heavy atom. The van der Waals surface area contributed by atoms with Crippen molar-refractivity contribution >= 4 is 5.83 Å². The minimum Gasteiger partial charge on any atom is -0.209 e. The Morgan fingerprint density at radius 1 is 0.714 bits per heavy atom. The molecule has 2 fully saturated rings. The Morgan fingerprint density at radius 3 is 1.60 bits per heavy atom. The lowest BCUT2D eigenvalue weighted by molar-refractivity contribution is -0.142. The average molecular weight is 601 g/mol. The maximum Gasteiger partial charge on any atom is 0.422 e. The lowest BCUT2D eigenvalue weighted by Gasteiger charge is -2.31. The standard InChI is InChI=1S/C33H33F9/c1-2-3-4-26(34)30(37)22-11-5-19(6-12-22)20-7-13-23(14-8-20)31(38)32(39)24-15-9-21(10-16-24)25-17-27(35)29(28(36)18-25)33(40,41)42/h3-6,11-12,17-18,20-21,23-24H,2,7-10,13-16H2,1H3/b4-3+,30-26+,32-31+. The monoisotopic (exact) mass is 600 g/mol. The summed E-state index contributed by atoms with van der Waals surface area (Å²) in [7, 11) is 0. The summed E-state index contributed by atoms with van der Waals surface area (Å²) in [5.74, 6) is -8.45. The molecule has 0 amide bonds. The van der Waals surface area contributed by atoms with Crippen LogP contribution in [0.25, 0.3) is 5.83 Å². The molecule has 228 valence electrons. The largest absolute Gasteiger partial charge is 0.422 e. The minimum atomic E-state index is -5.15. The van der Waals surface area contributed by atoms with Gasteiger partial charge in [-0.3, -0.25) is 0 Å². The highest BCUT2D eigenvalue weighted by Crippen LogP contribution is 2.45. The third-order valence-electron chi connectivity index (χ3n) is 8.56. The fourth-order valence-corrected chi connectivity index (χ4v) is 6.18. The second-order valence-corrected chi connectivity index (χ2v) is 11.2. The molecule has 0 bridgehead atoms. The van der Waals surface area contributed by atoms with Crippen LogP contribution >= 0.6 is 0 Å². The van der Waals surface area contributed by atoms with Gasteiger partial charge in [0.25, 0.3) is 0 Å². The van der Waals surface area contributed by atoms with Gasteiger partial charge in [-0.25, -0.2) is 26.3 Å². The summed E-state index contributed by atoms with van der Waals surface area (Å²) in [4.78, 5) is 0. The molecule has 2 aromatic rings. The molecule has 0 aliphatic heterocycles. The third kappa shape index (κ3) is 7.32. The Kier molecular flexibility index (Phi) is 10.3. The zero-order chi connectivity index (χ0) is 30.6. The molecule has 42 heavy (non-hydrogen) atoms. The summed E-state index contributed by atoms with van der Waals surface area (Å²) in [6, 6.07) is 7.87. The van der Waals surface area contributed by atoms with Gasteiger partial charge < -0.3 is 0 Å². The van der Waals surface area contributed by atoms with Crippen LogP contribution in [0.1, 0.15) is 98.8 Å². The highest BCUT2D eigenvalue weighted by Gasteiger charge is 2.39. The maximum absolute atomic E-state index is 15.2. The Labute approximate surface area is 240 Å². The van der Waals surface area contributed by atoms with Gasteiger partial charge in [0.05, 0.1) is 0 Å². The first-order valence-corrected chi connectivity index (χ1v) is 14.3. The molecule has 2 aliphatic carbocycles. The van der Waals surface area contributed by atoms with Crippen molar-refractivity contribution in [1.82, 2.24) is 0 Å². The molecule has 4 rings (SSSR count). The molecular formula is C33H33F9. The van der Waals surface area contributed by atoms with Crippen molar-refractivity contribution in [3.05, 3.63) is 99.9 Å². The van der Waals surface area contributed by atoms with Crippen molar-refractivity contribution in [2.45, 2.75) is 82.7 Å². The van der Waals surface area contributed by atoms with Crippen molar-refractivity contribution in [3.8, 4) is 0 Å². The quantitative estimate of drug-likeness (QED) is 0.219. The number of hydrogen-bond acceptors (Lipinski definition) is 0. The molecule has 0 heterocycles. The molecule has 0 nitrogen and oxygen atoms in total. The second kappa shape index (κ2) is 13.6. The van der Waals surface area contributed by atoms with E-state index in [1.165, 1.54) is 18.2 Å². The Balaban J connectivity index is 1.33. The van der Waals surface area contributed by atoms with Gasteiger partial charge in [-0.1, -0.05) is 37.3 Å². The number of benzene rings is 2. The maximum atomic E-state index is 15.2. The van der Waals surface area contributed by atoms with Gasteiger partial charge in [0.15, 0.2) is 11.7 Å². The van der Waals surface area contributed by atoms with E-state index in [4.69, 9.17) is 0 Å². The smallest absolute Gasteiger partial charge is 0.209 e. The van der Waals surface area contributed by atoms with Crippen LogP contribution in [0, 0.1) is 23.5 Å². The third-order valence-corrected chi connectivity index (χ3v) is 8.56. The zero-order valence-electron chi connectivity index (χ0n) is 23.2. The molecular weight excluding hydrogens is 567 g/mol. The second-order valence-electron chi connectivity index (χ2n) is 11.2. The predicted molar refractivity (Wildman–Crippen MR) is 145 cm³/mol. The molecule has 0 unspecified atom stereocenters. The Bertz CT molecular complexity index is 1300. The topological polar surface area (TPSA) is 0 Å². The molecule has 0 atom stereocenters. The van der Waals surface area contributed by atoms with Crippen LogP contribution in [0.2, 0.25) is 0 Å². The van der Waals surface area contributed by atoms with Gasteiger partial charge in [0.1, 0.15) is 28.9 Å². The molecule has 2 saturated carbocycles. The number of hydrogen-bond donors (Lipinski definition) is 0. The van der Waals surface area contributed by atoms with E-state index in [1.54, 1.807) is 12.1 Å². The summed E-state index contributed by atoms with van der Waals surface area (Å²) in [6.45, 7) is 1.82. The molecule has 0 N–H and O–H groups in total. The number of alkyl halides is 3. The number of allylic oxidation sites excluding steroid dienone is 5. The minimum absolute atomic E-state index is 0.0861. The van der Waals surface area contributed by atoms with Crippen LogP contribution in [0.5, 0.6) is 0 Å². The summed E-state index contributed by atoms with van der Waals surface area (Å²) >= 11 is 0. The van der Waals surface area contributed by atoms with E-state index in [0.717, 1.165) is 11.6 Å². The highest BCUT2D eigenvalue weighted by atomic mass is 19.4. The van der Waals surface area contributed by atoms with Crippen LogP contribution in [0.4, 0.5) is 39.5 Å². The van der Waals surface area contributed by atoms with Crippen LogP contribution in [-0.2, 0) is 6.18 Å². The number of halogens is 9.